The largest absolute Gasteiger partial charge is 0.314 e. The van der Waals surface area contributed by atoms with Crippen LogP contribution in [-0.4, -0.2) is 31.1 Å². The third-order valence-electron chi connectivity index (χ3n) is 2.45. The van der Waals surface area contributed by atoms with Crippen LogP contribution in [0.2, 0.25) is 0 Å². The standard InChI is InChI=1S/C10H13N3S/c11-8-9(10-2-1-7-14-10)13-5-3-12-4-6-13/h1-2,7,9,12H,3-6H2/t9-/m1/s1. The lowest BCUT2D eigenvalue weighted by Gasteiger charge is -2.30. The van der Waals surface area contributed by atoms with Crippen LogP contribution < -0.4 is 5.32 Å². The van der Waals surface area contributed by atoms with E-state index in [1.54, 1.807) is 11.3 Å². The zero-order valence-corrected chi connectivity index (χ0v) is 8.76. The van der Waals surface area contributed by atoms with Crippen LogP contribution in [0.25, 0.3) is 0 Å². The van der Waals surface area contributed by atoms with Crippen LogP contribution in [0.3, 0.4) is 0 Å². The molecular weight excluding hydrogens is 194 g/mol. The Kier molecular flexibility index (Phi) is 3.14. The molecule has 0 radical (unpaired) electrons. The van der Waals surface area contributed by atoms with Crippen LogP contribution in [-0.2, 0) is 0 Å². The third kappa shape index (κ3) is 1.95. The molecule has 4 heteroatoms. The van der Waals surface area contributed by atoms with Gasteiger partial charge in [-0.2, -0.15) is 5.26 Å². The average Bonchev–Trinajstić information content (AvgIpc) is 2.74. The maximum atomic E-state index is 9.14. The number of nitrogens with zero attached hydrogens (tertiary/aromatic N) is 2. The molecule has 0 aliphatic carbocycles. The van der Waals surface area contributed by atoms with Crippen molar-refractivity contribution in [2.75, 3.05) is 26.2 Å². The molecule has 1 aromatic rings. The van der Waals surface area contributed by atoms with Crippen molar-refractivity contribution in [1.29, 1.82) is 5.26 Å². The summed E-state index contributed by atoms with van der Waals surface area (Å²) in [5.74, 6) is 0. The summed E-state index contributed by atoms with van der Waals surface area (Å²) in [6, 6.07) is 6.39. The maximum Gasteiger partial charge on any atom is 0.133 e. The number of nitriles is 1. The van der Waals surface area contributed by atoms with Crippen LogP contribution >= 0.6 is 11.3 Å². The van der Waals surface area contributed by atoms with Crippen molar-refractivity contribution in [2.24, 2.45) is 0 Å². The van der Waals surface area contributed by atoms with Gasteiger partial charge in [0.2, 0.25) is 0 Å². The van der Waals surface area contributed by atoms with E-state index in [2.05, 4.69) is 16.3 Å². The van der Waals surface area contributed by atoms with Crippen molar-refractivity contribution < 1.29 is 0 Å². The van der Waals surface area contributed by atoms with Crippen molar-refractivity contribution in [3.63, 3.8) is 0 Å². The minimum absolute atomic E-state index is 0.0444. The third-order valence-corrected chi connectivity index (χ3v) is 3.38. The Labute approximate surface area is 88.0 Å². The van der Waals surface area contributed by atoms with E-state index in [-0.39, 0.29) is 6.04 Å². The van der Waals surface area contributed by atoms with Crippen molar-refractivity contribution >= 4 is 11.3 Å². The second-order valence-corrected chi connectivity index (χ2v) is 4.31. The van der Waals surface area contributed by atoms with Crippen LogP contribution in [0.5, 0.6) is 0 Å². The van der Waals surface area contributed by atoms with E-state index in [1.807, 2.05) is 17.5 Å². The Bertz CT molecular complexity index is 309. The topological polar surface area (TPSA) is 39.1 Å². The SMILES string of the molecule is N#C[C@H](c1cccs1)N1CCNCC1. The molecule has 2 rings (SSSR count). The molecule has 0 aromatic carbocycles. The molecule has 14 heavy (non-hydrogen) atoms. The van der Waals surface area contributed by atoms with Gasteiger partial charge in [-0.1, -0.05) is 6.07 Å². The first kappa shape index (κ1) is 9.66. The van der Waals surface area contributed by atoms with Gasteiger partial charge in [-0.15, -0.1) is 11.3 Å². The summed E-state index contributed by atoms with van der Waals surface area (Å²) in [4.78, 5) is 3.40. The molecule has 2 heterocycles. The Morgan fingerprint density at radius 3 is 2.86 bits per heavy atom. The van der Waals surface area contributed by atoms with Crippen molar-refractivity contribution in [2.45, 2.75) is 6.04 Å². The second kappa shape index (κ2) is 4.56. The van der Waals surface area contributed by atoms with Gasteiger partial charge < -0.3 is 5.32 Å². The molecule has 74 valence electrons. The van der Waals surface area contributed by atoms with Gasteiger partial charge in [0.05, 0.1) is 6.07 Å². The highest BCUT2D eigenvalue weighted by Crippen LogP contribution is 2.24. The number of nitrogens with one attached hydrogen (secondary N) is 1. The number of thiophene rings is 1. The molecule has 1 aromatic heterocycles. The zero-order valence-electron chi connectivity index (χ0n) is 7.94. The molecule has 0 bridgehead atoms. The second-order valence-electron chi connectivity index (χ2n) is 3.33. The lowest BCUT2D eigenvalue weighted by atomic mass is 10.2. The summed E-state index contributed by atoms with van der Waals surface area (Å²) in [6.07, 6.45) is 0. The molecule has 0 amide bonds. The maximum absolute atomic E-state index is 9.14. The van der Waals surface area contributed by atoms with Crippen LogP contribution in [0.1, 0.15) is 10.9 Å². The summed E-state index contributed by atoms with van der Waals surface area (Å²) in [6.45, 7) is 3.92. The molecule has 0 unspecified atom stereocenters. The summed E-state index contributed by atoms with van der Waals surface area (Å²) < 4.78 is 0. The summed E-state index contributed by atoms with van der Waals surface area (Å²) >= 11 is 1.66. The predicted molar refractivity (Wildman–Crippen MR) is 57.1 cm³/mol. The minimum atomic E-state index is -0.0444. The average molecular weight is 207 g/mol. The molecule has 1 aliphatic heterocycles. The highest BCUT2D eigenvalue weighted by molar-refractivity contribution is 7.10. The molecule has 1 atom stereocenters. The van der Waals surface area contributed by atoms with Crippen LogP contribution in [0, 0.1) is 11.3 Å². The molecule has 3 nitrogen and oxygen atoms in total. The minimum Gasteiger partial charge on any atom is -0.314 e. The summed E-state index contributed by atoms with van der Waals surface area (Å²) in [5.41, 5.74) is 0. The first-order chi connectivity index (χ1) is 6.92. The lowest BCUT2D eigenvalue weighted by Crippen LogP contribution is -2.44. The van der Waals surface area contributed by atoms with E-state index in [9.17, 15) is 0 Å². The lowest BCUT2D eigenvalue weighted by molar-refractivity contribution is 0.210. The van der Waals surface area contributed by atoms with Gasteiger partial charge in [-0.25, -0.2) is 0 Å². The Morgan fingerprint density at radius 1 is 1.50 bits per heavy atom. The normalized spacial score (nSPS) is 20.2. The first-order valence-corrected chi connectivity index (χ1v) is 5.67. The number of rotatable bonds is 2. The highest BCUT2D eigenvalue weighted by atomic mass is 32.1. The van der Waals surface area contributed by atoms with Crippen molar-refractivity contribution in [3.8, 4) is 6.07 Å². The fourth-order valence-corrected chi connectivity index (χ4v) is 2.51. The van der Waals surface area contributed by atoms with E-state index in [1.165, 1.54) is 0 Å². The van der Waals surface area contributed by atoms with Crippen molar-refractivity contribution in [3.05, 3.63) is 22.4 Å². The quantitative estimate of drug-likeness (QED) is 0.792. The van der Waals surface area contributed by atoms with E-state index < -0.39 is 0 Å². The fraction of sp³-hybridized carbons (Fsp3) is 0.500. The highest BCUT2D eigenvalue weighted by Gasteiger charge is 2.21. The smallest absolute Gasteiger partial charge is 0.133 e. The van der Waals surface area contributed by atoms with Gasteiger partial charge in [-0.3, -0.25) is 4.90 Å². The van der Waals surface area contributed by atoms with E-state index >= 15 is 0 Å². The fourth-order valence-electron chi connectivity index (χ4n) is 1.71. The predicted octanol–water partition coefficient (Wildman–Crippen LogP) is 1.22. The molecule has 0 saturated carbocycles. The Balaban J connectivity index is 2.09. The molecular formula is C10H13N3S. The van der Waals surface area contributed by atoms with Crippen molar-refractivity contribution in [1.82, 2.24) is 10.2 Å². The molecule has 1 saturated heterocycles. The molecule has 0 spiro atoms. The monoisotopic (exact) mass is 207 g/mol. The Morgan fingerprint density at radius 2 is 2.29 bits per heavy atom. The van der Waals surface area contributed by atoms with E-state index in [0.29, 0.717) is 0 Å². The van der Waals surface area contributed by atoms with E-state index in [4.69, 9.17) is 5.26 Å². The van der Waals surface area contributed by atoms with Gasteiger partial charge in [0.1, 0.15) is 6.04 Å². The Hall–Kier alpha value is -0.890. The van der Waals surface area contributed by atoms with Gasteiger partial charge >= 0.3 is 0 Å². The van der Waals surface area contributed by atoms with E-state index in [0.717, 1.165) is 31.1 Å². The van der Waals surface area contributed by atoms with Gasteiger partial charge in [0, 0.05) is 31.1 Å². The zero-order chi connectivity index (χ0) is 9.80. The number of hydrogen-bond donors (Lipinski definition) is 1. The number of piperazine rings is 1. The number of hydrogen-bond acceptors (Lipinski definition) is 4. The van der Waals surface area contributed by atoms with Gasteiger partial charge in [-0.05, 0) is 11.4 Å². The summed E-state index contributed by atoms with van der Waals surface area (Å²) in [7, 11) is 0. The molecule has 1 N–H and O–H groups in total. The van der Waals surface area contributed by atoms with Crippen LogP contribution in [0.4, 0.5) is 0 Å². The molecule has 1 aliphatic rings. The van der Waals surface area contributed by atoms with Crippen LogP contribution in [0.15, 0.2) is 17.5 Å². The van der Waals surface area contributed by atoms with Gasteiger partial charge in [0.15, 0.2) is 0 Å². The molecule has 1 fully saturated rings. The first-order valence-electron chi connectivity index (χ1n) is 4.79. The van der Waals surface area contributed by atoms with Gasteiger partial charge in [0.25, 0.3) is 0 Å². The summed E-state index contributed by atoms with van der Waals surface area (Å²) in [5, 5.41) is 14.5.